The van der Waals surface area contributed by atoms with Crippen LogP contribution in [-0.2, 0) is 33.1 Å². The molecule has 4 bridgehead atoms. The first-order valence-electron chi connectivity index (χ1n) is 16.9. The first kappa shape index (κ1) is 31.0. The van der Waals surface area contributed by atoms with Crippen molar-refractivity contribution < 1.29 is 33.6 Å². The van der Waals surface area contributed by atoms with E-state index in [-0.39, 0.29) is 53.2 Å². The smallest absolute Gasteiger partial charge is 0.409 e. The molecule has 11 heteroatoms. The monoisotopic (exact) mass is 780 g/mol. The summed E-state index contributed by atoms with van der Waals surface area (Å²) >= 11 is 7.28. The van der Waals surface area contributed by atoms with Gasteiger partial charge < -0.3 is 33.9 Å². The molecule has 10 atom stereocenters. The Morgan fingerprint density at radius 3 is 1.77 bits per heavy atom. The Labute approximate surface area is 296 Å². The lowest BCUT2D eigenvalue weighted by Gasteiger charge is -2.56. The van der Waals surface area contributed by atoms with Gasteiger partial charge in [0.05, 0.1) is 23.2 Å². The molecule has 2 fully saturated rings. The number of hydrogen-bond donors (Lipinski definition) is 1. The van der Waals surface area contributed by atoms with E-state index >= 15 is 0 Å². The van der Waals surface area contributed by atoms with Gasteiger partial charge in [-0.1, -0.05) is 43.4 Å². The van der Waals surface area contributed by atoms with Crippen molar-refractivity contribution in [2.24, 2.45) is 17.8 Å². The van der Waals surface area contributed by atoms with Gasteiger partial charge in [-0.3, -0.25) is 0 Å². The number of piperidine rings is 2. The number of amides is 2. The maximum atomic E-state index is 12.3. The number of carbonyl (C=O) groups is 2. The van der Waals surface area contributed by atoms with E-state index in [1.54, 1.807) is 0 Å². The highest BCUT2D eigenvalue weighted by molar-refractivity contribution is 9.11. The van der Waals surface area contributed by atoms with Crippen LogP contribution in [-0.4, -0.2) is 84.8 Å². The third-order valence-corrected chi connectivity index (χ3v) is 14.0. The lowest BCUT2D eigenvalue weighted by Crippen LogP contribution is -2.66. The number of ether oxygens (including phenoxy) is 4. The molecule has 0 aromatic heterocycles. The van der Waals surface area contributed by atoms with Gasteiger partial charge >= 0.3 is 12.2 Å². The van der Waals surface area contributed by atoms with E-state index in [1.165, 1.54) is 36.5 Å². The van der Waals surface area contributed by atoms with Gasteiger partial charge in [-0.2, -0.15) is 0 Å². The van der Waals surface area contributed by atoms with E-state index in [1.807, 2.05) is 21.9 Å². The maximum Gasteiger partial charge on any atom is 0.409 e. The summed E-state index contributed by atoms with van der Waals surface area (Å²) in [6.07, 6.45) is 10.6. The number of aliphatic hydroxyl groups is 1. The summed E-state index contributed by atoms with van der Waals surface area (Å²) in [5.41, 5.74) is 4.91. The summed E-state index contributed by atoms with van der Waals surface area (Å²) in [6, 6.07) is 8.59. The van der Waals surface area contributed by atoms with Crippen molar-refractivity contribution in [2.75, 3.05) is 27.3 Å². The van der Waals surface area contributed by atoms with Gasteiger partial charge in [0, 0.05) is 64.9 Å². The predicted octanol–water partition coefficient (Wildman–Crippen LogP) is 6.06. The molecule has 2 saturated heterocycles. The van der Waals surface area contributed by atoms with Gasteiger partial charge in [0.2, 0.25) is 0 Å². The fraction of sp³-hybridized carbons (Fsp3) is 0.514. The molecule has 0 saturated carbocycles. The van der Waals surface area contributed by atoms with E-state index < -0.39 is 6.10 Å². The summed E-state index contributed by atoms with van der Waals surface area (Å²) in [5, 5.41) is 10.6. The van der Waals surface area contributed by atoms with Crippen LogP contribution in [0.2, 0.25) is 0 Å². The van der Waals surface area contributed by atoms with Gasteiger partial charge in [0.1, 0.15) is 29.8 Å². The van der Waals surface area contributed by atoms with Crippen molar-refractivity contribution in [3.05, 3.63) is 79.8 Å². The zero-order valence-electron chi connectivity index (χ0n) is 27.0. The molecule has 0 radical (unpaired) electrons. The number of benzene rings is 2. The van der Waals surface area contributed by atoms with Crippen molar-refractivity contribution in [1.82, 2.24) is 9.80 Å². The van der Waals surface area contributed by atoms with Crippen LogP contribution in [0.1, 0.15) is 42.0 Å². The average molecular weight is 783 g/mol. The summed E-state index contributed by atoms with van der Waals surface area (Å²) in [4.78, 5) is 28.3. The van der Waals surface area contributed by atoms with Crippen molar-refractivity contribution >= 4 is 44.0 Å². The highest BCUT2D eigenvalue weighted by Crippen LogP contribution is 2.64. The molecular weight excluding hydrogens is 744 g/mol. The molecule has 2 amide bonds. The van der Waals surface area contributed by atoms with E-state index in [0.717, 1.165) is 52.7 Å². The number of carbonyl (C=O) groups excluding carboxylic acids is 2. The molecule has 252 valence electrons. The fourth-order valence-electron chi connectivity index (χ4n) is 11.0. The second-order valence-electron chi connectivity index (χ2n) is 14.5. The standard InChI is InChI=1S/C19H20BrNO3.C18H18BrNO4/c1-10-3-5-12-14-9-11-4-6-13(20)16-15(11)19(12,17(10)24-16)7-8-21(14)18(22)23-2;1-23-17(22)20-7-6-18-10-3-5-13(21)16(18)24-15-11(19)4-2-9(14(15)18)8-12(10)20/h3-6,10,12,14,17H,7-9H2,1-2H3;2-5,10,12-13,16,21H,6-8H2,1H3/t10-,12-,14?,17-,19-;10-,12?,13-,16-,18-/m00/s1. The molecule has 4 aliphatic heterocycles. The molecular formula is C37H38Br2N2O7. The Balaban J connectivity index is 0.000000131. The minimum atomic E-state index is -0.628. The summed E-state index contributed by atoms with van der Waals surface area (Å²) in [6.45, 7) is 3.60. The molecule has 8 aliphatic rings. The number of nitrogens with zero attached hydrogens (tertiary/aromatic N) is 2. The zero-order valence-corrected chi connectivity index (χ0v) is 30.2. The summed E-state index contributed by atoms with van der Waals surface area (Å²) in [5.74, 6) is 2.71. The van der Waals surface area contributed by atoms with Crippen LogP contribution in [0.4, 0.5) is 9.59 Å². The van der Waals surface area contributed by atoms with Gasteiger partial charge in [-0.05, 0) is 80.8 Å². The van der Waals surface area contributed by atoms with Crippen molar-refractivity contribution in [2.45, 2.75) is 73.8 Å². The highest BCUT2D eigenvalue weighted by Gasteiger charge is 2.66. The molecule has 10 rings (SSSR count). The van der Waals surface area contributed by atoms with Crippen molar-refractivity contribution in [3.8, 4) is 11.5 Å². The third-order valence-electron chi connectivity index (χ3n) is 12.8. The van der Waals surface area contributed by atoms with Gasteiger partial charge in [0.25, 0.3) is 0 Å². The van der Waals surface area contributed by atoms with Gasteiger partial charge in [-0.25, -0.2) is 9.59 Å². The number of rotatable bonds is 0. The second kappa shape index (κ2) is 10.7. The maximum absolute atomic E-state index is 12.3. The van der Waals surface area contributed by atoms with Crippen LogP contribution in [0.3, 0.4) is 0 Å². The fourth-order valence-corrected chi connectivity index (χ4v) is 11.9. The lowest BCUT2D eigenvalue weighted by molar-refractivity contribution is -0.0470. The molecule has 2 aromatic carbocycles. The van der Waals surface area contributed by atoms with Crippen molar-refractivity contribution in [3.63, 3.8) is 0 Å². The first-order chi connectivity index (χ1) is 23.1. The van der Waals surface area contributed by atoms with Gasteiger partial charge in [-0.15, -0.1) is 0 Å². The Hall–Kier alpha value is -3.02. The van der Waals surface area contributed by atoms with Crippen LogP contribution in [0.5, 0.6) is 11.5 Å². The minimum Gasteiger partial charge on any atom is -0.487 e. The average Bonchev–Trinajstić information content (AvgIpc) is 3.63. The van der Waals surface area contributed by atoms with Crippen LogP contribution < -0.4 is 9.47 Å². The molecule has 2 aromatic rings. The first-order valence-corrected chi connectivity index (χ1v) is 18.4. The molecule has 4 heterocycles. The normalized spacial score (nSPS) is 37.7. The van der Waals surface area contributed by atoms with E-state index in [9.17, 15) is 14.7 Å². The van der Waals surface area contributed by atoms with Crippen LogP contribution in [0.15, 0.2) is 57.5 Å². The zero-order chi connectivity index (χ0) is 33.3. The van der Waals surface area contributed by atoms with Gasteiger partial charge in [0.15, 0.2) is 0 Å². The molecule has 2 unspecified atom stereocenters. The highest BCUT2D eigenvalue weighted by atomic mass is 79.9. The van der Waals surface area contributed by atoms with Crippen LogP contribution in [0.25, 0.3) is 0 Å². The quantitative estimate of drug-likeness (QED) is 0.325. The van der Waals surface area contributed by atoms with E-state index in [0.29, 0.717) is 18.4 Å². The molecule has 1 N–H and O–H groups in total. The molecule has 2 spiro atoms. The lowest BCUT2D eigenvalue weighted by atomic mass is 9.52. The van der Waals surface area contributed by atoms with E-state index in [4.69, 9.17) is 18.9 Å². The van der Waals surface area contributed by atoms with Crippen molar-refractivity contribution in [1.29, 1.82) is 0 Å². The number of likely N-dealkylation sites (tertiary alicyclic amines) is 2. The largest absolute Gasteiger partial charge is 0.487 e. The number of hydrogen-bond acceptors (Lipinski definition) is 7. The SMILES string of the molecule is COC(=O)N1CC[C@]23c4c5ccc(Br)c4O[C@H]2[C@@H](C)C=C[C@H]3C1C5.COC(=O)N1CC[C@]23c4c5ccc(Br)c4O[C@H]2[C@@H](O)C=C[C@H]3C1C5. The Bertz CT molecular complexity index is 1680. The molecule has 4 aliphatic carbocycles. The summed E-state index contributed by atoms with van der Waals surface area (Å²) < 4.78 is 24.8. The van der Waals surface area contributed by atoms with Crippen LogP contribution in [0, 0.1) is 17.8 Å². The number of halogens is 2. The Morgan fingerprint density at radius 2 is 1.25 bits per heavy atom. The Morgan fingerprint density at radius 1 is 0.771 bits per heavy atom. The topological polar surface area (TPSA) is 97.8 Å². The van der Waals surface area contributed by atoms with Crippen LogP contribution >= 0.6 is 31.9 Å². The Kier molecular flexibility index (Phi) is 6.93. The third kappa shape index (κ3) is 3.81. The number of aliphatic hydroxyl groups excluding tert-OH is 1. The van der Waals surface area contributed by atoms with E-state index in [2.05, 4.69) is 75.2 Å². The predicted molar refractivity (Wildman–Crippen MR) is 183 cm³/mol. The minimum absolute atomic E-state index is 0.00392. The molecule has 9 nitrogen and oxygen atoms in total. The summed E-state index contributed by atoms with van der Waals surface area (Å²) in [7, 11) is 2.90. The molecule has 48 heavy (non-hydrogen) atoms. The number of methoxy groups -OCH3 is 2. The second-order valence-corrected chi connectivity index (χ2v) is 16.2.